The van der Waals surface area contributed by atoms with Gasteiger partial charge in [0.15, 0.2) is 0 Å². The van der Waals surface area contributed by atoms with Crippen molar-refractivity contribution in [2.45, 2.75) is 17.1 Å². The molecule has 1 aromatic heterocycles. The maximum Gasteiger partial charge on any atom is 0.113 e. The highest BCUT2D eigenvalue weighted by Gasteiger charge is 2.05. The molecule has 0 amide bonds. The Morgan fingerprint density at radius 3 is 2.88 bits per heavy atom. The molecule has 1 heterocycles. The topological polar surface area (TPSA) is 39.2 Å². The van der Waals surface area contributed by atoms with Crippen molar-refractivity contribution in [2.24, 2.45) is 5.73 Å². The lowest BCUT2D eigenvalue weighted by molar-refractivity contribution is 0.530. The summed E-state index contributed by atoms with van der Waals surface area (Å²) in [5.74, 6) is 1.84. The van der Waals surface area contributed by atoms with E-state index >= 15 is 0 Å². The monoisotopic (exact) mass is 311 g/mol. The average Bonchev–Trinajstić information content (AvgIpc) is 2.82. The van der Waals surface area contributed by atoms with Crippen molar-refractivity contribution in [1.82, 2.24) is 0 Å². The third-order valence-corrected chi connectivity index (χ3v) is 4.01. The lowest BCUT2D eigenvalue weighted by Crippen LogP contribution is -2.03. The second-order valence-electron chi connectivity index (χ2n) is 3.66. The molecule has 0 atom stereocenters. The first-order chi connectivity index (χ1) is 8.29. The predicted octanol–water partition coefficient (Wildman–Crippen LogP) is 3.84. The molecule has 2 nitrogen and oxygen atoms in total. The zero-order valence-corrected chi connectivity index (χ0v) is 11.8. The van der Waals surface area contributed by atoms with E-state index < -0.39 is 0 Å². The van der Waals surface area contributed by atoms with Crippen LogP contribution in [0, 0.1) is 0 Å². The first-order valence-electron chi connectivity index (χ1n) is 5.43. The van der Waals surface area contributed by atoms with Crippen LogP contribution in [0.3, 0.4) is 0 Å². The molecule has 0 aliphatic heterocycles. The smallest absolute Gasteiger partial charge is 0.113 e. The molecule has 0 radical (unpaired) electrons. The highest BCUT2D eigenvalue weighted by Crippen LogP contribution is 2.29. The van der Waals surface area contributed by atoms with E-state index in [0.717, 1.165) is 22.4 Å². The van der Waals surface area contributed by atoms with Gasteiger partial charge in [0.2, 0.25) is 0 Å². The van der Waals surface area contributed by atoms with Crippen molar-refractivity contribution >= 4 is 27.7 Å². The number of hydrogen-bond acceptors (Lipinski definition) is 3. The number of hydrogen-bond donors (Lipinski definition) is 1. The average molecular weight is 312 g/mol. The van der Waals surface area contributed by atoms with Gasteiger partial charge in [-0.3, -0.25) is 0 Å². The minimum Gasteiger partial charge on any atom is -0.468 e. The first kappa shape index (κ1) is 12.7. The molecule has 2 aromatic rings. The molecular weight excluding hydrogens is 298 g/mol. The van der Waals surface area contributed by atoms with Crippen molar-refractivity contribution in [3.63, 3.8) is 0 Å². The van der Waals surface area contributed by atoms with E-state index in [-0.39, 0.29) is 0 Å². The van der Waals surface area contributed by atoms with Crippen LogP contribution in [-0.2, 0) is 12.2 Å². The van der Waals surface area contributed by atoms with Gasteiger partial charge in [-0.15, -0.1) is 11.8 Å². The number of rotatable bonds is 5. The van der Waals surface area contributed by atoms with E-state index in [1.807, 2.05) is 12.1 Å². The van der Waals surface area contributed by atoms with E-state index in [1.165, 1.54) is 10.5 Å². The van der Waals surface area contributed by atoms with Crippen molar-refractivity contribution in [1.29, 1.82) is 0 Å². The molecule has 2 rings (SSSR count). The number of benzene rings is 1. The van der Waals surface area contributed by atoms with Crippen molar-refractivity contribution in [2.75, 3.05) is 6.54 Å². The largest absolute Gasteiger partial charge is 0.468 e. The highest BCUT2D eigenvalue weighted by atomic mass is 79.9. The number of halogens is 1. The molecule has 0 fully saturated rings. The molecule has 0 saturated heterocycles. The zero-order valence-electron chi connectivity index (χ0n) is 9.36. The Hall–Kier alpha value is -0.710. The third-order valence-electron chi connectivity index (χ3n) is 2.39. The quantitative estimate of drug-likeness (QED) is 0.853. The van der Waals surface area contributed by atoms with Gasteiger partial charge < -0.3 is 10.2 Å². The molecule has 1 aromatic carbocycles. The van der Waals surface area contributed by atoms with Gasteiger partial charge in [0, 0.05) is 9.37 Å². The molecule has 90 valence electrons. The Balaban J connectivity index is 2.10. The van der Waals surface area contributed by atoms with Crippen LogP contribution >= 0.6 is 27.7 Å². The Labute approximate surface area is 114 Å². The zero-order chi connectivity index (χ0) is 12.1. The van der Waals surface area contributed by atoms with Gasteiger partial charge in [-0.1, -0.05) is 22.0 Å². The van der Waals surface area contributed by atoms with E-state index in [2.05, 4.69) is 34.1 Å². The number of thioether (sulfide) groups is 1. The van der Waals surface area contributed by atoms with Gasteiger partial charge in [0.1, 0.15) is 5.76 Å². The maximum absolute atomic E-state index is 5.62. The lowest BCUT2D eigenvalue weighted by atomic mass is 10.1. The molecular formula is C13H14BrNOS. The van der Waals surface area contributed by atoms with E-state index in [4.69, 9.17) is 10.2 Å². The third kappa shape index (κ3) is 3.63. The molecule has 0 aliphatic rings. The standard InChI is InChI=1S/C13H14BrNOS/c14-11-4-3-10(5-6-15)13(8-11)17-9-12-2-1-7-16-12/h1-4,7-8H,5-6,9,15H2. The van der Waals surface area contributed by atoms with Crippen molar-refractivity contribution < 1.29 is 4.42 Å². The number of furan rings is 1. The summed E-state index contributed by atoms with van der Waals surface area (Å²) < 4.78 is 6.43. The van der Waals surface area contributed by atoms with Crippen LogP contribution in [0.4, 0.5) is 0 Å². The second kappa shape index (κ2) is 6.28. The Morgan fingerprint density at radius 1 is 1.29 bits per heavy atom. The van der Waals surface area contributed by atoms with Crippen molar-refractivity contribution in [3.8, 4) is 0 Å². The van der Waals surface area contributed by atoms with Crippen molar-refractivity contribution in [3.05, 3.63) is 52.4 Å². The molecule has 0 bridgehead atoms. The van der Waals surface area contributed by atoms with E-state index in [1.54, 1.807) is 18.0 Å². The molecule has 0 unspecified atom stereocenters. The van der Waals surface area contributed by atoms with Crippen LogP contribution in [0.25, 0.3) is 0 Å². The fourth-order valence-electron chi connectivity index (χ4n) is 1.57. The van der Waals surface area contributed by atoms with Crippen LogP contribution in [0.15, 0.2) is 50.4 Å². The Morgan fingerprint density at radius 2 is 2.18 bits per heavy atom. The summed E-state index contributed by atoms with van der Waals surface area (Å²) in [5, 5.41) is 0. The summed E-state index contributed by atoms with van der Waals surface area (Å²) in [6.07, 6.45) is 2.62. The molecule has 17 heavy (non-hydrogen) atoms. The number of nitrogens with two attached hydrogens (primary N) is 1. The molecule has 0 saturated carbocycles. The van der Waals surface area contributed by atoms with Crippen LogP contribution < -0.4 is 5.73 Å². The summed E-state index contributed by atoms with van der Waals surface area (Å²) in [6, 6.07) is 10.2. The summed E-state index contributed by atoms with van der Waals surface area (Å²) >= 11 is 5.28. The van der Waals surface area contributed by atoms with Gasteiger partial charge in [0.05, 0.1) is 12.0 Å². The SMILES string of the molecule is NCCc1ccc(Br)cc1SCc1ccco1. The first-order valence-corrected chi connectivity index (χ1v) is 7.21. The van der Waals surface area contributed by atoms with Crippen LogP contribution in [0.5, 0.6) is 0 Å². The highest BCUT2D eigenvalue weighted by molar-refractivity contribution is 9.10. The summed E-state index contributed by atoms with van der Waals surface area (Å²) in [7, 11) is 0. The fraction of sp³-hybridized carbons (Fsp3) is 0.231. The van der Waals surface area contributed by atoms with Gasteiger partial charge in [-0.05, 0) is 42.8 Å². The van der Waals surface area contributed by atoms with Crippen LogP contribution in [0.2, 0.25) is 0 Å². The Bertz CT molecular complexity index is 470. The van der Waals surface area contributed by atoms with Crippen LogP contribution in [0.1, 0.15) is 11.3 Å². The van der Waals surface area contributed by atoms with Gasteiger partial charge >= 0.3 is 0 Å². The van der Waals surface area contributed by atoms with E-state index in [0.29, 0.717) is 6.54 Å². The summed E-state index contributed by atoms with van der Waals surface area (Å²) in [4.78, 5) is 1.27. The normalized spacial score (nSPS) is 10.7. The maximum atomic E-state index is 5.62. The lowest BCUT2D eigenvalue weighted by Gasteiger charge is -2.08. The van der Waals surface area contributed by atoms with Gasteiger partial charge in [0.25, 0.3) is 0 Å². The van der Waals surface area contributed by atoms with Gasteiger partial charge in [-0.2, -0.15) is 0 Å². The molecule has 0 spiro atoms. The second-order valence-corrected chi connectivity index (χ2v) is 5.59. The van der Waals surface area contributed by atoms with E-state index in [9.17, 15) is 0 Å². The Kier molecular flexibility index (Phi) is 4.71. The minimum absolute atomic E-state index is 0.677. The predicted molar refractivity (Wildman–Crippen MR) is 75.2 cm³/mol. The van der Waals surface area contributed by atoms with Crippen LogP contribution in [-0.4, -0.2) is 6.54 Å². The molecule has 4 heteroatoms. The fourth-order valence-corrected chi connectivity index (χ4v) is 3.11. The molecule has 2 N–H and O–H groups in total. The summed E-state index contributed by atoms with van der Waals surface area (Å²) in [6.45, 7) is 0.677. The van der Waals surface area contributed by atoms with Gasteiger partial charge in [-0.25, -0.2) is 0 Å². The minimum atomic E-state index is 0.677. The summed E-state index contributed by atoms with van der Waals surface area (Å²) in [5.41, 5.74) is 6.92. The molecule has 0 aliphatic carbocycles.